The number of nitrogens with zero attached hydrogens (tertiary/aromatic N) is 3. The van der Waals surface area contributed by atoms with E-state index in [1.807, 2.05) is 0 Å². The number of hydrogen-bond donors (Lipinski definition) is 1. The van der Waals surface area contributed by atoms with Gasteiger partial charge in [0.25, 0.3) is 5.71 Å². The van der Waals surface area contributed by atoms with E-state index in [2.05, 4.69) is 33.6 Å². The molecule has 1 N–H and O–H groups in total. The molecular formula is C14H20N4O3S. The van der Waals surface area contributed by atoms with Gasteiger partial charge in [-0.25, -0.2) is 18.1 Å². The average Bonchev–Trinajstić information content (AvgIpc) is 3.02. The third-order valence-electron chi connectivity index (χ3n) is 4.24. The molecule has 2 aromatic rings. The minimum Gasteiger partial charge on any atom is -0.336 e. The molecule has 2 atom stereocenters. The Bertz CT molecular complexity index is 786. The third-order valence-corrected chi connectivity index (χ3v) is 5.69. The number of pyridine rings is 1. The van der Waals surface area contributed by atoms with Gasteiger partial charge in [0, 0.05) is 19.1 Å². The van der Waals surface area contributed by atoms with E-state index >= 15 is 0 Å². The van der Waals surface area contributed by atoms with E-state index < -0.39 is 10.0 Å². The Hall–Kier alpha value is -1.51. The summed E-state index contributed by atoms with van der Waals surface area (Å²) >= 11 is 0. The fraction of sp³-hybridized carbons (Fsp3) is 0.571. The Morgan fingerprint density at radius 3 is 2.91 bits per heavy atom. The maximum Gasteiger partial charge on any atom is 0.257 e. The van der Waals surface area contributed by atoms with Crippen LogP contribution in [-0.2, 0) is 10.0 Å². The number of aromatic nitrogens is 2. The standard InChI is InChI=1S/C14H20N4O3S/c1-4-18-7-9(2)13(8-18)17-22(19,20)11-5-12-10(3)16-21-14(12)15-6-11/h5-6,9,13,17H,4,7-8H2,1-3H3/t9-,13-/m0/s1. The lowest BCUT2D eigenvalue weighted by Crippen LogP contribution is -2.39. The zero-order valence-electron chi connectivity index (χ0n) is 12.9. The van der Waals surface area contributed by atoms with Crippen molar-refractivity contribution >= 4 is 21.1 Å². The Kier molecular flexibility index (Phi) is 3.92. The highest BCUT2D eigenvalue weighted by Gasteiger charge is 2.32. The summed E-state index contributed by atoms with van der Waals surface area (Å²) in [7, 11) is -3.60. The van der Waals surface area contributed by atoms with Crippen LogP contribution < -0.4 is 4.72 Å². The number of aryl methyl sites for hydroxylation is 1. The Labute approximate surface area is 129 Å². The van der Waals surface area contributed by atoms with Gasteiger partial charge in [0.15, 0.2) is 0 Å². The molecule has 0 spiro atoms. The third kappa shape index (κ3) is 2.73. The zero-order chi connectivity index (χ0) is 15.9. The van der Waals surface area contributed by atoms with Gasteiger partial charge in [-0.3, -0.25) is 0 Å². The summed E-state index contributed by atoms with van der Waals surface area (Å²) in [5.74, 6) is 0.281. The van der Waals surface area contributed by atoms with Crippen molar-refractivity contribution in [2.75, 3.05) is 19.6 Å². The van der Waals surface area contributed by atoms with Gasteiger partial charge < -0.3 is 9.42 Å². The molecule has 1 aliphatic rings. The van der Waals surface area contributed by atoms with Crippen LogP contribution in [0.5, 0.6) is 0 Å². The van der Waals surface area contributed by atoms with Crippen molar-refractivity contribution in [3.05, 3.63) is 18.0 Å². The predicted molar refractivity (Wildman–Crippen MR) is 81.9 cm³/mol. The van der Waals surface area contributed by atoms with Crippen molar-refractivity contribution in [3.63, 3.8) is 0 Å². The molecule has 3 rings (SSSR count). The highest BCUT2D eigenvalue weighted by molar-refractivity contribution is 7.89. The first-order valence-corrected chi connectivity index (χ1v) is 8.85. The van der Waals surface area contributed by atoms with E-state index in [9.17, 15) is 8.42 Å². The van der Waals surface area contributed by atoms with Crippen molar-refractivity contribution in [1.29, 1.82) is 0 Å². The van der Waals surface area contributed by atoms with E-state index in [0.29, 0.717) is 16.8 Å². The molecule has 0 radical (unpaired) electrons. The molecule has 0 bridgehead atoms. The molecule has 1 fully saturated rings. The van der Waals surface area contributed by atoms with Gasteiger partial charge in [0.2, 0.25) is 10.0 Å². The van der Waals surface area contributed by atoms with Crippen LogP contribution >= 0.6 is 0 Å². The summed E-state index contributed by atoms with van der Waals surface area (Å²) in [6.45, 7) is 8.47. The van der Waals surface area contributed by atoms with Gasteiger partial charge in [-0.05, 0) is 25.5 Å². The highest BCUT2D eigenvalue weighted by atomic mass is 32.2. The zero-order valence-corrected chi connectivity index (χ0v) is 13.7. The minimum absolute atomic E-state index is 0.0794. The van der Waals surface area contributed by atoms with E-state index in [1.54, 1.807) is 13.0 Å². The van der Waals surface area contributed by atoms with Crippen LogP contribution in [0.25, 0.3) is 11.1 Å². The van der Waals surface area contributed by atoms with Gasteiger partial charge in [-0.1, -0.05) is 19.0 Å². The molecular weight excluding hydrogens is 304 g/mol. The molecule has 8 heteroatoms. The van der Waals surface area contributed by atoms with Crippen molar-refractivity contribution in [2.24, 2.45) is 5.92 Å². The summed E-state index contributed by atoms with van der Waals surface area (Å²) in [6, 6.07) is 1.48. The lowest BCUT2D eigenvalue weighted by molar-refractivity contribution is 0.344. The van der Waals surface area contributed by atoms with Crippen LogP contribution in [0.3, 0.4) is 0 Å². The van der Waals surface area contributed by atoms with Crippen LogP contribution in [0, 0.1) is 12.8 Å². The first kappa shape index (κ1) is 15.4. The Balaban J connectivity index is 1.86. The largest absolute Gasteiger partial charge is 0.336 e. The number of likely N-dealkylation sites (N-methyl/N-ethyl adjacent to an activating group) is 1. The van der Waals surface area contributed by atoms with Gasteiger partial charge in [0.05, 0.1) is 17.3 Å². The summed E-state index contributed by atoms with van der Waals surface area (Å²) < 4.78 is 33.0. The summed E-state index contributed by atoms with van der Waals surface area (Å²) in [4.78, 5) is 6.42. The van der Waals surface area contributed by atoms with Gasteiger partial charge >= 0.3 is 0 Å². The van der Waals surface area contributed by atoms with E-state index in [1.165, 1.54) is 6.20 Å². The van der Waals surface area contributed by atoms with Crippen LogP contribution in [0.4, 0.5) is 0 Å². The summed E-state index contributed by atoms with van der Waals surface area (Å²) in [5, 5.41) is 4.42. The number of likely N-dealkylation sites (tertiary alicyclic amines) is 1. The first-order chi connectivity index (χ1) is 10.4. The highest BCUT2D eigenvalue weighted by Crippen LogP contribution is 2.22. The van der Waals surface area contributed by atoms with E-state index in [0.717, 1.165) is 19.6 Å². The van der Waals surface area contributed by atoms with Gasteiger partial charge in [0.1, 0.15) is 4.90 Å². The molecule has 22 heavy (non-hydrogen) atoms. The topological polar surface area (TPSA) is 88.3 Å². The van der Waals surface area contributed by atoms with Crippen LogP contribution in [-0.4, -0.2) is 49.1 Å². The number of nitrogens with one attached hydrogen (secondary N) is 1. The molecule has 1 saturated heterocycles. The molecule has 7 nitrogen and oxygen atoms in total. The van der Waals surface area contributed by atoms with Crippen molar-refractivity contribution in [3.8, 4) is 0 Å². The van der Waals surface area contributed by atoms with Crippen molar-refractivity contribution in [1.82, 2.24) is 19.8 Å². The minimum atomic E-state index is -3.60. The fourth-order valence-corrected chi connectivity index (χ4v) is 4.12. The number of sulfonamides is 1. The smallest absolute Gasteiger partial charge is 0.257 e. The van der Waals surface area contributed by atoms with Crippen LogP contribution in [0.1, 0.15) is 19.5 Å². The maximum atomic E-state index is 12.6. The molecule has 0 amide bonds. The van der Waals surface area contributed by atoms with Crippen LogP contribution in [0.2, 0.25) is 0 Å². The lowest BCUT2D eigenvalue weighted by atomic mass is 10.1. The predicted octanol–water partition coefficient (Wildman–Crippen LogP) is 1.15. The number of fused-ring (bicyclic) bond motifs is 1. The normalized spacial score (nSPS) is 23.4. The first-order valence-electron chi connectivity index (χ1n) is 7.37. The van der Waals surface area contributed by atoms with Crippen molar-refractivity contribution < 1.29 is 12.9 Å². The molecule has 2 aromatic heterocycles. The van der Waals surface area contributed by atoms with Crippen molar-refractivity contribution in [2.45, 2.75) is 31.7 Å². The molecule has 0 aromatic carbocycles. The van der Waals surface area contributed by atoms with Gasteiger partial charge in [-0.15, -0.1) is 0 Å². The molecule has 0 aliphatic carbocycles. The summed E-state index contributed by atoms with van der Waals surface area (Å²) in [6.07, 6.45) is 1.31. The quantitative estimate of drug-likeness (QED) is 0.907. The fourth-order valence-electron chi connectivity index (χ4n) is 2.82. The number of hydrogen-bond acceptors (Lipinski definition) is 6. The van der Waals surface area contributed by atoms with Crippen LogP contribution in [0.15, 0.2) is 21.7 Å². The van der Waals surface area contributed by atoms with Gasteiger partial charge in [-0.2, -0.15) is 0 Å². The number of rotatable bonds is 4. The van der Waals surface area contributed by atoms with E-state index in [-0.39, 0.29) is 16.9 Å². The summed E-state index contributed by atoms with van der Waals surface area (Å²) in [5.41, 5.74) is 0.980. The molecule has 0 saturated carbocycles. The second-order valence-electron chi connectivity index (χ2n) is 5.85. The molecule has 120 valence electrons. The molecule has 0 unspecified atom stereocenters. The van der Waals surface area contributed by atoms with E-state index in [4.69, 9.17) is 4.52 Å². The second-order valence-corrected chi connectivity index (χ2v) is 7.56. The lowest BCUT2D eigenvalue weighted by Gasteiger charge is -2.16. The molecule has 1 aliphatic heterocycles. The SMILES string of the molecule is CCN1C[C@H](NS(=O)(=O)c2cnc3onc(C)c3c2)[C@@H](C)C1. The Morgan fingerprint density at radius 1 is 1.45 bits per heavy atom. The monoisotopic (exact) mass is 324 g/mol. The molecule has 3 heterocycles. The average molecular weight is 324 g/mol. The Morgan fingerprint density at radius 2 is 2.23 bits per heavy atom. The second kappa shape index (κ2) is 5.60. The maximum absolute atomic E-state index is 12.6.